The van der Waals surface area contributed by atoms with E-state index in [1.54, 1.807) is 0 Å². The molecule has 0 aliphatic carbocycles. The van der Waals surface area contributed by atoms with E-state index < -0.39 is 0 Å². The summed E-state index contributed by atoms with van der Waals surface area (Å²) in [6.45, 7) is 3.32. The van der Waals surface area contributed by atoms with Crippen LogP contribution < -0.4 is 0 Å². The first kappa shape index (κ1) is 13.2. The first-order chi connectivity index (χ1) is 8.09. The molecule has 1 fully saturated rings. The molecule has 2 atom stereocenters. The van der Waals surface area contributed by atoms with Crippen LogP contribution in [0.2, 0.25) is 0 Å². The zero-order valence-electron chi connectivity index (χ0n) is 9.98. The number of ketones is 1. The molecule has 2 unspecified atom stereocenters. The van der Waals surface area contributed by atoms with E-state index in [4.69, 9.17) is 4.74 Å². The molecule has 1 aliphatic rings. The van der Waals surface area contributed by atoms with Gasteiger partial charge in [0.05, 0.1) is 17.5 Å². The Morgan fingerprint density at radius 2 is 2.47 bits per heavy atom. The highest BCUT2D eigenvalue weighted by molar-refractivity contribution is 9.10. The lowest BCUT2D eigenvalue weighted by Crippen LogP contribution is -2.39. The highest BCUT2D eigenvalue weighted by Gasteiger charge is 2.29. The normalized spacial score (nSPS) is 24.5. The topological polar surface area (TPSA) is 29.5 Å². The third-order valence-electron chi connectivity index (χ3n) is 3.17. The molecule has 2 rings (SSSR count). The van der Waals surface area contributed by atoms with Crippen molar-refractivity contribution in [2.24, 2.45) is 0 Å². The van der Waals surface area contributed by atoms with E-state index in [1.807, 2.05) is 18.5 Å². The van der Waals surface area contributed by atoms with E-state index in [9.17, 15) is 4.79 Å². The highest BCUT2D eigenvalue weighted by atomic mass is 79.9. The lowest BCUT2D eigenvalue weighted by Gasteiger charge is -2.25. The maximum Gasteiger partial charge on any atom is 0.187 e. The third-order valence-corrected chi connectivity index (χ3v) is 5.04. The predicted octanol–water partition coefficient (Wildman–Crippen LogP) is 2.80. The maximum absolute atomic E-state index is 12.1. The quantitative estimate of drug-likeness (QED) is 0.800. The van der Waals surface area contributed by atoms with Crippen molar-refractivity contribution in [2.75, 3.05) is 20.2 Å². The molecular weight excluding hydrogens is 302 g/mol. The Labute approximate surface area is 114 Å². The van der Waals surface area contributed by atoms with Gasteiger partial charge in [-0.2, -0.15) is 0 Å². The van der Waals surface area contributed by atoms with Gasteiger partial charge in [-0.15, -0.1) is 11.3 Å². The summed E-state index contributed by atoms with van der Waals surface area (Å²) < 4.78 is 6.42. The molecule has 0 spiro atoms. The molecule has 0 amide bonds. The van der Waals surface area contributed by atoms with Gasteiger partial charge in [0.25, 0.3) is 0 Å². The minimum Gasteiger partial charge on any atom is -0.377 e. The number of hydrogen-bond donors (Lipinski definition) is 0. The molecule has 17 heavy (non-hydrogen) atoms. The van der Waals surface area contributed by atoms with Crippen molar-refractivity contribution >= 4 is 33.0 Å². The SMILES string of the molecule is CC1OCCC1N(C)CC(=O)c1sccc1Br. The zero-order chi connectivity index (χ0) is 12.4. The van der Waals surface area contributed by atoms with E-state index in [2.05, 4.69) is 27.8 Å². The molecule has 0 radical (unpaired) electrons. The molecule has 1 aromatic heterocycles. The van der Waals surface area contributed by atoms with Gasteiger partial charge in [0.15, 0.2) is 5.78 Å². The van der Waals surface area contributed by atoms with Crippen molar-refractivity contribution in [3.05, 3.63) is 20.8 Å². The molecule has 3 nitrogen and oxygen atoms in total. The van der Waals surface area contributed by atoms with Crippen LogP contribution in [0.15, 0.2) is 15.9 Å². The molecule has 1 saturated heterocycles. The summed E-state index contributed by atoms with van der Waals surface area (Å²) in [6.07, 6.45) is 1.23. The Hall–Kier alpha value is -0.230. The zero-order valence-corrected chi connectivity index (χ0v) is 12.4. The van der Waals surface area contributed by atoms with Crippen LogP contribution in [0.3, 0.4) is 0 Å². The molecule has 5 heteroatoms. The van der Waals surface area contributed by atoms with E-state index >= 15 is 0 Å². The number of Topliss-reactive ketones (excluding diaryl/α,β-unsaturated/α-hetero) is 1. The number of carbonyl (C=O) groups excluding carboxylic acids is 1. The first-order valence-corrected chi connectivity index (χ1v) is 7.35. The fourth-order valence-corrected chi connectivity index (χ4v) is 3.73. The summed E-state index contributed by atoms with van der Waals surface area (Å²) in [7, 11) is 2.00. The predicted molar refractivity (Wildman–Crippen MR) is 72.8 cm³/mol. The molecular formula is C12H16BrNO2S. The number of carbonyl (C=O) groups is 1. The Balaban J connectivity index is 1.97. The number of nitrogens with zero attached hydrogens (tertiary/aromatic N) is 1. The van der Waals surface area contributed by atoms with Gasteiger partial charge in [-0.25, -0.2) is 0 Å². The molecule has 94 valence electrons. The van der Waals surface area contributed by atoms with Gasteiger partial charge >= 0.3 is 0 Å². The maximum atomic E-state index is 12.1. The minimum absolute atomic E-state index is 0.175. The summed E-state index contributed by atoms with van der Waals surface area (Å²) in [5.74, 6) is 0.175. The average molecular weight is 318 g/mol. The second-order valence-corrected chi connectivity index (χ2v) is 6.14. The van der Waals surface area contributed by atoms with E-state index in [-0.39, 0.29) is 11.9 Å². The van der Waals surface area contributed by atoms with Crippen molar-refractivity contribution in [3.8, 4) is 0 Å². The van der Waals surface area contributed by atoms with Gasteiger partial charge < -0.3 is 4.74 Å². The van der Waals surface area contributed by atoms with Crippen LogP contribution in [0.4, 0.5) is 0 Å². The van der Waals surface area contributed by atoms with Crippen LogP contribution in [-0.2, 0) is 4.74 Å². The second kappa shape index (κ2) is 5.61. The van der Waals surface area contributed by atoms with E-state index in [0.717, 1.165) is 22.4 Å². The fourth-order valence-electron chi connectivity index (χ4n) is 2.21. The summed E-state index contributed by atoms with van der Waals surface area (Å²) in [6, 6.07) is 2.27. The first-order valence-electron chi connectivity index (χ1n) is 5.67. The van der Waals surface area contributed by atoms with Gasteiger partial charge in [-0.3, -0.25) is 9.69 Å². The fraction of sp³-hybridized carbons (Fsp3) is 0.583. The third kappa shape index (κ3) is 2.96. The van der Waals surface area contributed by atoms with Crippen molar-refractivity contribution < 1.29 is 9.53 Å². The number of thiophene rings is 1. The van der Waals surface area contributed by atoms with Crippen LogP contribution in [-0.4, -0.2) is 43.0 Å². The van der Waals surface area contributed by atoms with Crippen molar-refractivity contribution in [1.82, 2.24) is 4.90 Å². The average Bonchev–Trinajstić information content (AvgIpc) is 2.86. The van der Waals surface area contributed by atoms with Crippen LogP contribution in [0.1, 0.15) is 23.0 Å². The Bertz CT molecular complexity index is 407. The number of rotatable bonds is 4. The second-order valence-electron chi connectivity index (χ2n) is 4.37. The minimum atomic E-state index is 0.175. The summed E-state index contributed by atoms with van der Waals surface area (Å²) in [4.78, 5) is 15.0. The van der Waals surface area contributed by atoms with Crippen LogP contribution >= 0.6 is 27.3 Å². The van der Waals surface area contributed by atoms with Gasteiger partial charge in [-0.05, 0) is 47.8 Å². The van der Waals surface area contributed by atoms with Crippen molar-refractivity contribution in [3.63, 3.8) is 0 Å². The standard InChI is InChI=1S/C12H16BrNO2S/c1-8-10(3-5-16-8)14(2)7-11(15)12-9(13)4-6-17-12/h4,6,8,10H,3,5,7H2,1-2H3. The molecule has 0 aromatic carbocycles. The number of halogens is 1. The van der Waals surface area contributed by atoms with Gasteiger partial charge in [0, 0.05) is 17.1 Å². The molecule has 0 bridgehead atoms. The van der Waals surface area contributed by atoms with Gasteiger partial charge in [-0.1, -0.05) is 0 Å². The van der Waals surface area contributed by atoms with E-state index in [0.29, 0.717) is 12.6 Å². The lowest BCUT2D eigenvalue weighted by molar-refractivity contribution is 0.0747. The van der Waals surface area contributed by atoms with E-state index in [1.165, 1.54) is 11.3 Å². The Morgan fingerprint density at radius 1 is 1.71 bits per heavy atom. The molecule has 0 saturated carbocycles. The number of ether oxygens (including phenoxy) is 1. The van der Waals surface area contributed by atoms with Gasteiger partial charge in [0.2, 0.25) is 0 Å². The van der Waals surface area contributed by atoms with Crippen molar-refractivity contribution in [1.29, 1.82) is 0 Å². The largest absolute Gasteiger partial charge is 0.377 e. The monoisotopic (exact) mass is 317 g/mol. The molecule has 1 aromatic rings. The summed E-state index contributed by atoms with van der Waals surface area (Å²) >= 11 is 4.89. The van der Waals surface area contributed by atoms with Gasteiger partial charge in [0.1, 0.15) is 0 Å². The Kier molecular flexibility index (Phi) is 4.36. The molecule has 2 heterocycles. The number of hydrogen-bond acceptors (Lipinski definition) is 4. The van der Waals surface area contributed by atoms with Crippen molar-refractivity contribution in [2.45, 2.75) is 25.5 Å². The Morgan fingerprint density at radius 3 is 3.00 bits per heavy atom. The summed E-state index contributed by atoms with van der Waals surface area (Å²) in [5.41, 5.74) is 0. The lowest BCUT2D eigenvalue weighted by atomic mass is 10.1. The summed E-state index contributed by atoms with van der Waals surface area (Å²) in [5, 5.41) is 1.93. The van der Waals surface area contributed by atoms with Crippen LogP contribution in [0.5, 0.6) is 0 Å². The highest BCUT2D eigenvalue weighted by Crippen LogP contribution is 2.24. The van der Waals surface area contributed by atoms with Crippen LogP contribution in [0.25, 0.3) is 0 Å². The van der Waals surface area contributed by atoms with Crippen LogP contribution in [0, 0.1) is 0 Å². The molecule has 0 N–H and O–H groups in total. The molecule has 1 aliphatic heterocycles. The smallest absolute Gasteiger partial charge is 0.187 e. The number of likely N-dealkylation sites (N-methyl/N-ethyl adjacent to an activating group) is 1.